The van der Waals surface area contributed by atoms with E-state index in [1.165, 1.54) is 0 Å². The van der Waals surface area contributed by atoms with Gasteiger partial charge in [-0.25, -0.2) is 0 Å². The molecular formula is C30H31ClFNO4. The van der Waals surface area contributed by atoms with Crippen LogP contribution in [0.25, 0.3) is 11.1 Å². The second-order valence-corrected chi connectivity index (χ2v) is 10.3. The van der Waals surface area contributed by atoms with Crippen molar-refractivity contribution >= 4 is 22.7 Å². The van der Waals surface area contributed by atoms with Crippen molar-refractivity contribution < 1.29 is 24.1 Å². The van der Waals surface area contributed by atoms with Gasteiger partial charge in [-0.3, -0.25) is 9.29 Å². The van der Waals surface area contributed by atoms with Crippen LogP contribution >= 0.6 is 11.6 Å². The van der Waals surface area contributed by atoms with Gasteiger partial charge in [0.25, 0.3) is 0 Å². The van der Waals surface area contributed by atoms with Crippen LogP contribution in [0.4, 0.5) is 4.39 Å². The quantitative estimate of drug-likeness (QED) is 0.353. The lowest BCUT2D eigenvalue weighted by atomic mass is 9.86. The van der Waals surface area contributed by atoms with E-state index in [1.54, 1.807) is 36.4 Å². The van der Waals surface area contributed by atoms with Gasteiger partial charge in [0.1, 0.15) is 35.7 Å². The minimum absolute atomic E-state index is 0.105. The first-order valence-electron chi connectivity index (χ1n) is 12.6. The van der Waals surface area contributed by atoms with Gasteiger partial charge in [0.2, 0.25) is 0 Å². The van der Waals surface area contributed by atoms with Crippen molar-refractivity contribution in [1.29, 1.82) is 0 Å². The molecule has 0 amide bonds. The Morgan fingerprint density at radius 2 is 1.76 bits per heavy atom. The molecular weight excluding hydrogens is 493 g/mol. The molecule has 3 atom stereocenters. The molecule has 3 aromatic carbocycles. The fourth-order valence-electron chi connectivity index (χ4n) is 5.19. The summed E-state index contributed by atoms with van der Waals surface area (Å²) in [5.74, 6) is 1.79. The summed E-state index contributed by atoms with van der Waals surface area (Å²) in [4.78, 5) is 2.28. The summed E-state index contributed by atoms with van der Waals surface area (Å²) in [5.41, 5.74) is 4.07. The zero-order valence-corrected chi connectivity index (χ0v) is 21.7. The third-order valence-electron chi connectivity index (χ3n) is 7.35. The van der Waals surface area contributed by atoms with E-state index in [0.717, 1.165) is 47.5 Å². The number of phenolic OH excluding ortho intramolecular Hbond substituents is 2. The Labute approximate surface area is 221 Å². The number of fused-ring (bicyclic) bond motifs is 1. The van der Waals surface area contributed by atoms with E-state index in [-0.39, 0.29) is 30.1 Å². The number of alkyl halides is 1. The number of rotatable bonds is 7. The number of allylic oxidation sites excluding steroid dienone is 1. The van der Waals surface area contributed by atoms with Gasteiger partial charge in [-0.1, -0.05) is 23.7 Å². The monoisotopic (exact) mass is 523 g/mol. The maximum absolute atomic E-state index is 13.0. The molecule has 2 aliphatic rings. The first kappa shape index (κ1) is 25.4. The molecule has 5 nitrogen and oxygen atoms in total. The second kappa shape index (κ2) is 10.6. The molecule has 2 aliphatic heterocycles. The summed E-state index contributed by atoms with van der Waals surface area (Å²) in [6, 6.07) is 17.9. The number of phenols is 2. The number of benzene rings is 3. The number of ether oxygens (including phenoxy) is 2. The fraction of sp³-hybridized carbons (Fsp3) is 0.333. The molecule has 0 saturated carbocycles. The average molecular weight is 524 g/mol. The van der Waals surface area contributed by atoms with E-state index in [4.69, 9.17) is 21.1 Å². The summed E-state index contributed by atoms with van der Waals surface area (Å²) in [5, 5.41) is 20.8. The van der Waals surface area contributed by atoms with E-state index < -0.39 is 6.10 Å². The van der Waals surface area contributed by atoms with E-state index in [9.17, 15) is 14.6 Å². The molecule has 3 aromatic rings. The number of hydrogen-bond donors (Lipinski definition) is 2. The van der Waals surface area contributed by atoms with Gasteiger partial charge in [0.15, 0.2) is 0 Å². The summed E-state index contributed by atoms with van der Waals surface area (Å²) < 4.78 is 25.5. The lowest BCUT2D eigenvalue weighted by Gasteiger charge is -2.31. The van der Waals surface area contributed by atoms with Crippen LogP contribution in [0.2, 0.25) is 5.02 Å². The van der Waals surface area contributed by atoms with E-state index in [0.29, 0.717) is 22.9 Å². The minimum Gasteiger partial charge on any atom is -0.508 e. The summed E-state index contributed by atoms with van der Waals surface area (Å²) >= 11 is 6.58. The van der Waals surface area contributed by atoms with Gasteiger partial charge in [0.05, 0.1) is 6.67 Å². The Kier molecular flexibility index (Phi) is 7.31. The molecule has 7 heteroatoms. The predicted molar refractivity (Wildman–Crippen MR) is 144 cm³/mol. The zero-order chi connectivity index (χ0) is 26.1. The van der Waals surface area contributed by atoms with Crippen molar-refractivity contribution in [1.82, 2.24) is 4.90 Å². The van der Waals surface area contributed by atoms with Gasteiger partial charge >= 0.3 is 0 Å². The van der Waals surface area contributed by atoms with Crippen LogP contribution < -0.4 is 9.47 Å². The van der Waals surface area contributed by atoms with Gasteiger partial charge in [-0.2, -0.15) is 0 Å². The topological polar surface area (TPSA) is 62.2 Å². The maximum Gasteiger partial charge on any atom is 0.150 e. The van der Waals surface area contributed by atoms with Crippen molar-refractivity contribution in [3.63, 3.8) is 0 Å². The minimum atomic E-state index is -0.480. The standard InChI is InChI=1S/C30H31ClFNO4/c1-18(33-12-11-20(15-32)16-33)17-36-24-7-3-21(4-8-24)30-29(26-14-22(34)5-9-27(26)31)19(2)25-13-23(35)6-10-28(25)37-30/h3-10,13-14,18,20,30,34-35H,11-12,15-17H2,1-2H3. The van der Waals surface area contributed by atoms with E-state index in [2.05, 4.69) is 11.8 Å². The van der Waals surface area contributed by atoms with Crippen LogP contribution in [0.5, 0.6) is 23.0 Å². The Hall–Kier alpha value is -3.22. The summed E-state index contributed by atoms with van der Waals surface area (Å²) in [6.07, 6.45) is 0.421. The predicted octanol–water partition coefficient (Wildman–Crippen LogP) is 6.87. The molecule has 2 heterocycles. The summed E-state index contributed by atoms with van der Waals surface area (Å²) in [7, 11) is 0. The highest BCUT2D eigenvalue weighted by Gasteiger charge is 2.31. The van der Waals surface area contributed by atoms with Crippen LogP contribution in [-0.4, -0.2) is 47.5 Å². The van der Waals surface area contributed by atoms with Crippen molar-refractivity contribution in [3.05, 3.63) is 82.4 Å². The molecule has 0 radical (unpaired) electrons. The van der Waals surface area contributed by atoms with Crippen LogP contribution in [0.3, 0.4) is 0 Å². The van der Waals surface area contributed by atoms with Crippen LogP contribution in [0, 0.1) is 5.92 Å². The third-order valence-corrected chi connectivity index (χ3v) is 7.68. The van der Waals surface area contributed by atoms with Gasteiger partial charge in [0, 0.05) is 40.2 Å². The number of likely N-dealkylation sites (tertiary alicyclic amines) is 1. The highest BCUT2D eigenvalue weighted by Crippen LogP contribution is 2.49. The lowest BCUT2D eigenvalue weighted by molar-refractivity contribution is 0.165. The molecule has 0 bridgehead atoms. The largest absolute Gasteiger partial charge is 0.508 e. The number of aromatic hydroxyl groups is 2. The number of hydrogen-bond acceptors (Lipinski definition) is 5. The first-order chi connectivity index (χ1) is 17.8. The van der Waals surface area contributed by atoms with Gasteiger partial charge in [-0.05, 0) is 86.5 Å². The SMILES string of the molecule is CC1=C(c2cc(O)ccc2Cl)C(c2ccc(OCC(C)N3CCC(CF)C3)cc2)Oc2ccc(O)cc21. The first-order valence-corrected chi connectivity index (χ1v) is 12.9. The van der Waals surface area contributed by atoms with E-state index >= 15 is 0 Å². The molecule has 0 aliphatic carbocycles. The maximum atomic E-state index is 13.0. The Bertz CT molecular complexity index is 1310. The third kappa shape index (κ3) is 5.27. The zero-order valence-electron chi connectivity index (χ0n) is 21.0. The molecule has 1 saturated heterocycles. The van der Waals surface area contributed by atoms with Crippen molar-refractivity contribution in [2.45, 2.75) is 32.4 Å². The van der Waals surface area contributed by atoms with Crippen LogP contribution in [0.15, 0.2) is 60.7 Å². The highest BCUT2D eigenvalue weighted by atomic mass is 35.5. The Morgan fingerprint density at radius 1 is 1.05 bits per heavy atom. The van der Waals surface area contributed by atoms with E-state index in [1.807, 2.05) is 31.2 Å². The van der Waals surface area contributed by atoms with Gasteiger partial charge < -0.3 is 19.7 Å². The highest BCUT2D eigenvalue weighted by molar-refractivity contribution is 6.32. The van der Waals surface area contributed by atoms with Gasteiger partial charge in [-0.15, -0.1) is 0 Å². The van der Waals surface area contributed by atoms with Crippen LogP contribution in [-0.2, 0) is 0 Å². The van der Waals surface area contributed by atoms with Crippen LogP contribution in [0.1, 0.15) is 43.1 Å². The fourth-order valence-corrected chi connectivity index (χ4v) is 5.41. The van der Waals surface area contributed by atoms with Crippen molar-refractivity contribution in [2.75, 3.05) is 26.4 Å². The lowest BCUT2D eigenvalue weighted by Crippen LogP contribution is -2.35. The Morgan fingerprint density at radius 3 is 2.46 bits per heavy atom. The molecule has 5 rings (SSSR count). The molecule has 0 aromatic heterocycles. The Balaban J connectivity index is 1.41. The van der Waals surface area contributed by atoms with Crippen molar-refractivity contribution in [2.24, 2.45) is 5.92 Å². The molecule has 194 valence electrons. The molecule has 37 heavy (non-hydrogen) atoms. The molecule has 2 N–H and O–H groups in total. The second-order valence-electron chi connectivity index (χ2n) is 9.91. The number of halogens is 2. The molecule has 1 fully saturated rings. The average Bonchev–Trinajstić information content (AvgIpc) is 3.39. The normalized spacial score (nSPS) is 20.4. The number of nitrogens with zero attached hydrogens (tertiary/aromatic N) is 1. The van der Waals surface area contributed by atoms with Crippen molar-refractivity contribution in [3.8, 4) is 23.0 Å². The molecule has 3 unspecified atom stereocenters. The smallest absolute Gasteiger partial charge is 0.150 e. The summed E-state index contributed by atoms with van der Waals surface area (Å²) in [6.45, 7) is 6.03. The molecule has 0 spiro atoms.